The van der Waals surface area contributed by atoms with Gasteiger partial charge >= 0.3 is 12.0 Å². The van der Waals surface area contributed by atoms with E-state index in [2.05, 4.69) is 31.4 Å². The van der Waals surface area contributed by atoms with Crippen LogP contribution in [-0.4, -0.2) is 29.2 Å². The molecule has 5 nitrogen and oxygen atoms in total. The van der Waals surface area contributed by atoms with Crippen LogP contribution in [0.25, 0.3) is 0 Å². The monoisotopic (exact) mass is 230 g/mol. The third kappa shape index (κ3) is 8.08. The van der Waals surface area contributed by atoms with Crippen LogP contribution in [0.15, 0.2) is 0 Å². The van der Waals surface area contributed by atoms with Crippen LogP contribution in [0.5, 0.6) is 0 Å². The number of hydrogen-bond acceptors (Lipinski definition) is 2. The summed E-state index contributed by atoms with van der Waals surface area (Å²) in [5, 5.41) is 13.4. The third-order valence-electron chi connectivity index (χ3n) is 1.82. The molecule has 0 unspecified atom stereocenters. The topological polar surface area (TPSA) is 78.4 Å². The molecule has 0 aliphatic heterocycles. The fraction of sp³-hybridized carbons (Fsp3) is 0.818. The Morgan fingerprint density at radius 2 is 1.62 bits per heavy atom. The number of hydrogen-bond donors (Lipinski definition) is 3. The molecule has 3 N–H and O–H groups in total. The highest BCUT2D eigenvalue weighted by Crippen LogP contribution is 2.26. The van der Waals surface area contributed by atoms with Crippen LogP contribution in [-0.2, 0) is 4.79 Å². The standard InChI is InChI=1S/C11H22N2O3/c1-10(2,3)7-11(4,5)13-9(16)12-6-8(14)15/h6-7H2,1-5H3,(H,14,15)(H2,12,13,16). The summed E-state index contributed by atoms with van der Waals surface area (Å²) in [5.41, 5.74) is -0.260. The first-order valence-corrected chi connectivity index (χ1v) is 5.30. The zero-order valence-corrected chi connectivity index (χ0v) is 10.7. The second kappa shape index (κ2) is 5.18. The summed E-state index contributed by atoms with van der Waals surface area (Å²) in [5.74, 6) is -1.05. The lowest BCUT2D eigenvalue weighted by Crippen LogP contribution is -2.50. The van der Waals surface area contributed by atoms with Crippen LogP contribution in [0.2, 0.25) is 0 Å². The summed E-state index contributed by atoms with van der Waals surface area (Å²) in [4.78, 5) is 21.6. The van der Waals surface area contributed by atoms with Gasteiger partial charge in [0.15, 0.2) is 0 Å². The van der Waals surface area contributed by atoms with Gasteiger partial charge in [-0.25, -0.2) is 4.79 Å². The lowest BCUT2D eigenvalue weighted by molar-refractivity contribution is -0.135. The van der Waals surface area contributed by atoms with Gasteiger partial charge in [-0.2, -0.15) is 0 Å². The molecular formula is C11H22N2O3. The molecule has 94 valence electrons. The van der Waals surface area contributed by atoms with Crippen LogP contribution < -0.4 is 10.6 Å². The van der Waals surface area contributed by atoms with Gasteiger partial charge in [0.05, 0.1) is 0 Å². The number of carboxylic acids is 1. The van der Waals surface area contributed by atoms with Gasteiger partial charge < -0.3 is 15.7 Å². The Hall–Kier alpha value is -1.26. The maximum Gasteiger partial charge on any atom is 0.323 e. The number of aliphatic carboxylic acids is 1. The van der Waals surface area contributed by atoms with Crippen molar-refractivity contribution < 1.29 is 14.7 Å². The van der Waals surface area contributed by atoms with Gasteiger partial charge in [-0.05, 0) is 25.7 Å². The van der Waals surface area contributed by atoms with Gasteiger partial charge in [0.25, 0.3) is 0 Å². The summed E-state index contributed by atoms with van der Waals surface area (Å²) in [6, 6.07) is -0.448. The van der Waals surface area contributed by atoms with Crippen LogP contribution in [0.3, 0.4) is 0 Å². The van der Waals surface area contributed by atoms with E-state index in [1.807, 2.05) is 13.8 Å². The first-order valence-electron chi connectivity index (χ1n) is 5.30. The maximum atomic E-state index is 11.4. The van der Waals surface area contributed by atoms with E-state index in [1.165, 1.54) is 0 Å². The van der Waals surface area contributed by atoms with Crippen LogP contribution in [0.4, 0.5) is 4.79 Å². The van der Waals surface area contributed by atoms with Crippen LogP contribution in [0.1, 0.15) is 41.0 Å². The van der Waals surface area contributed by atoms with Crippen molar-refractivity contribution in [1.29, 1.82) is 0 Å². The highest BCUT2D eigenvalue weighted by atomic mass is 16.4. The van der Waals surface area contributed by atoms with Gasteiger partial charge in [-0.1, -0.05) is 20.8 Å². The molecule has 0 heterocycles. The Kier molecular flexibility index (Phi) is 4.78. The summed E-state index contributed by atoms with van der Waals surface area (Å²) < 4.78 is 0. The quantitative estimate of drug-likeness (QED) is 0.686. The predicted octanol–water partition coefficient (Wildman–Crippen LogP) is 1.58. The van der Waals surface area contributed by atoms with Crippen molar-refractivity contribution in [2.75, 3.05) is 6.54 Å². The van der Waals surface area contributed by atoms with Crippen molar-refractivity contribution in [3.63, 3.8) is 0 Å². The number of nitrogens with one attached hydrogen (secondary N) is 2. The maximum absolute atomic E-state index is 11.4. The number of carbonyl (C=O) groups excluding carboxylic acids is 1. The summed E-state index contributed by atoms with van der Waals surface area (Å²) >= 11 is 0. The van der Waals surface area contributed by atoms with E-state index in [1.54, 1.807) is 0 Å². The highest BCUT2D eigenvalue weighted by molar-refractivity contribution is 5.80. The molecule has 5 heteroatoms. The third-order valence-corrected chi connectivity index (χ3v) is 1.82. The molecule has 0 aromatic rings. The van der Waals surface area contributed by atoms with E-state index in [9.17, 15) is 9.59 Å². The van der Waals surface area contributed by atoms with E-state index < -0.39 is 12.0 Å². The van der Waals surface area contributed by atoms with Crippen molar-refractivity contribution in [1.82, 2.24) is 10.6 Å². The number of carboxylic acid groups (broad SMARTS) is 1. The Morgan fingerprint density at radius 1 is 1.12 bits per heavy atom. The normalized spacial score (nSPS) is 12.1. The van der Waals surface area contributed by atoms with E-state index in [-0.39, 0.29) is 17.5 Å². The molecule has 0 aromatic heterocycles. The smallest absolute Gasteiger partial charge is 0.323 e. The van der Waals surface area contributed by atoms with Crippen LogP contribution in [0, 0.1) is 5.41 Å². The molecule has 0 aliphatic rings. The van der Waals surface area contributed by atoms with Crippen molar-refractivity contribution in [3.05, 3.63) is 0 Å². The van der Waals surface area contributed by atoms with Crippen molar-refractivity contribution in [3.8, 4) is 0 Å². The Labute approximate surface area is 96.6 Å². The minimum absolute atomic E-state index is 0.101. The van der Waals surface area contributed by atoms with Crippen molar-refractivity contribution >= 4 is 12.0 Å². The molecule has 0 rings (SSSR count). The van der Waals surface area contributed by atoms with Gasteiger partial charge in [-0.3, -0.25) is 4.79 Å². The predicted molar refractivity (Wildman–Crippen MR) is 62.3 cm³/mol. The molecule has 2 amide bonds. The number of rotatable bonds is 4. The average Bonchev–Trinajstić information content (AvgIpc) is 1.94. The molecule has 0 atom stereocenters. The average molecular weight is 230 g/mol. The largest absolute Gasteiger partial charge is 0.480 e. The molecular weight excluding hydrogens is 208 g/mol. The van der Waals surface area contributed by atoms with Crippen molar-refractivity contribution in [2.45, 2.75) is 46.6 Å². The summed E-state index contributed by atoms with van der Waals surface area (Å²) in [6.07, 6.45) is 0.806. The Balaban J connectivity index is 4.15. The first kappa shape index (κ1) is 14.7. The summed E-state index contributed by atoms with van der Waals surface area (Å²) in [6.45, 7) is 9.73. The first-order chi connectivity index (χ1) is 7.02. The van der Waals surface area contributed by atoms with E-state index in [0.29, 0.717) is 0 Å². The Bertz CT molecular complexity index is 267. The second-order valence-electron chi connectivity index (χ2n) is 5.82. The molecule has 0 saturated carbocycles. The fourth-order valence-electron chi connectivity index (χ4n) is 1.88. The van der Waals surface area contributed by atoms with E-state index in [4.69, 9.17) is 5.11 Å². The molecule has 0 spiro atoms. The zero-order chi connectivity index (χ0) is 13.0. The Morgan fingerprint density at radius 3 is 2.00 bits per heavy atom. The van der Waals surface area contributed by atoms with Gasteiger partial charge in [0, 0.05) is 5.54 Å². The molecule has 0 radical (unpaired) electrons. The number of carbonyl (C=O) groups is 2. The van der Waals surface area contributed by atoms with Gasteiger partial charge in [0.1, 0.15) is 6.54 Å². The van der Waals surface area contributed by atoms with Gasteiger partial charge in [0.2, 0.25) is 0 Å². The minimum Gasteiger partial charge on any atom is -0.480 e. The highest BCUT2D eigenvalue weighted by Gasteiger charge is 2.26. The molecule has 0 fully saturated rings. The minimum atomic E-state index is -1.05. The molecule has 0 saturated heterocycles. The van der Waals surface area contributed by atoms with Crippen molar-refractivity contribution in [2.24, 2.45) is 5.41 Å². The van der Waals surface area contributed by atoms with Crippen LogP contribution >= 0.6 is 0 Å². The second-order valence-corrected chi connectivity index (χ2v) is 5.82. The summed E-state index contributed by atoms with van der Waals surface area (Å²) in [7, 11) is 0. The lowest BCUT2D eigenvalue weighted by atomic mass is 9.82. The van der Waals surface area contributed by atoms with E-state index >= 15 is 0 Å². The number of amides is 2. The number of urea groups is 1. The lowest BCUT2D eigenvalue weighted by Gasteiger charge is -2.33. The molecule has 16 heavy (non-hydrogen) atoms. The molecule has 0 aromatic carbocycles. The SMILES string of the molecule is CC(C)(C)CC(C)(C)NC(=O)NCC(=O)O. The molecule has 0 aliphatic carbocycles. The van der Waals surface area contributed by atoms with Gasteiger partial charge in [-0.15, -0.1) is 0 Å². The molecule has 0 bridgehead atoms. The zero-order valence-electron chi connectivity index (χ0n) is 10.7. The fourth-order valence-corrected chi connectivity index (χ4v) is 1.88. The van der Waals surface area contributed by atoms with E-state index in [0.717, 1.165) is 6.42 Å².